The smallest absolute Gasteiger partial charge is 0.128 e. The van der Waals surface area contributed by atoms with E-state index >= 15 is 0 Å². The van der Waals surface area contributed by atoms with E-state index in [1.165, 1.54) is 0 Å². The molecule has 1 saturated carbocycles. The van der Waals surface area contributed by atoms with Crippen molar-refractivity contribution in [2.24, 2.45) is 0 Å². The van der Waals surface area contributed by atoms with Crippen molar-refractivity contribution >= 4 is 0 Å². The summed E-state index contributed by atoms with van der Waals surface area (Å²) < 4.78 is 17.4. The Bertz CT molecular complexity index is 407. The number of likely N-dealkylation sites (N-methyl/N-ethyl adjacent to an activating group) is 1. The molecule has 1 fully saturated rings. The molecule has 3 unspecified atom stereocenters. The molecule has 0 saturated heterocycles. The van der Waals surface area contributed by atoms with Crippen LogP contribution in [-0.4, -0.2) is 38.0 Å². The topological polar surface area (TPSA) is 39.7 Å². The zero-order chi connectivity index (χ0) is 15.1. The quantitative estimate of drug-likeness (QED) is 0.760. The van der Waals surface area contributed by atoms with Gasteiger partial charge in [-0.3, -0.25) is 0 Å². The number of nitrogens with one attached hydrogen (secondary N) is 1. The summed E-state index contributed by atoms with van der Waals surface area (Å²) >= 11 is 0. The third-order valence-electron chi connectivity index (χ3n) is 3.65. The van der Waals surface area contributed by atoms with E-state index in [0.29, 0.717) is 12.6 Å². The molecule has 0 spiro atoms. The van der Waals surface area contributed by atoms with Crippen LogP contribution in [0.25, 0.3) is 0 Å². The lowest BCUT2D eigenvalue weighted by atomic mass is 9.85. The minimum atomic E-state index is 0.138. The average molecular weight is 293 g/mol. The monoisotopic (exact) mass is 293 g/mol. The van der Waals surface area contributed by atoms with Crippen LogP contribution in [-0.2, 0) is 4.74 Å². The normalized spacial score (nSPS) is 24.4. The predicted molar refractivity (Wildman–Crippen MR) is 84.1 cm³/mol. The van der Waals surface area contributed by atoms with E-state index in [1.54, 1.807) is 0 Å². The van der Waals surface area contributed by atoms with Gasteiger partial charge in [-0.1, -0.05) is 13.8 Å². The number of hydrogen-bond acceptors (Lipinski definition) is 4. The van der Waals surface area contributed by atoms with Crippen LogP contribution in [0.1, 0.15) is 33.6 Å². The van der Waals surface area contributed by atoms with Crippen molar-refractivity contribution in [1.82, 2.24) is 5.32 Å². The van der Waals surface area contributed by atoms with Crippen molar-refractivity contribution in [1.29, 1.82) is 0 Å². The second-order valence-electron chi connectivity index (χ2n) is 5.30. The molecule has 1 aromatic carbocycles. The van der Waals surface area contributed by atoms with Gasteiger partial charge in [-0.05, 0) is 44.2 Å². The van der Waals surface area contributed by atoms with Crippen LogP contribution in [0.2, 0.25) is 0 Å². The Balaban J connectivity index is 1.88. The van der Waals surface area contributed by atoms with Crippen molar-refractivity contribution in [2.45, 2.75) is 51.9 Å². The van der Waals surface area contributed by atoms with Gasteiger partial charge in [-0.25, -0.2) is 0 Å². The first-order valence-corrected chi connectivity index (χ1v) is 8.03. The molecule has 0 bridgehead atoms. The molecule has 0 radical (unpaired) electrons. The SMILES string of the molecule is CCCOC1C(NCC)CC1Oc1ccc(OCC)cc1. The molecule has 0 amide bonds. The highest BCUT2D eigenvalue weighted by atomic mass is 16.5. The van der Waals surface area contributed by atoms with Crippen LogP contribution in [0.5, 0.6) is 11.5 Å². The Morgan fingerprint density at radius 2 is 1.81 bits per heavy atom. The van der Waals surface area contributed by atoms with Gasteiger partial charge < -0.3 is 19.5 Å². The Kier molecular flexibility index (Phi) is 6.33. The zero-order valence-corrected chi connectivity index (χ0v) is 13.3. The van der Waals surface area contributed by atoms with Crippen LogP contribution in [0.3, 0.4) is 0 Å². The highest BCUT2D eigenvalue weighted by Gasteiger charge is 2.43. The molecule has 3 atom stereocenters. The molecule has 1 N–H and O–H groups in total. The van der Waals surface area contributed by atoms with Gasteiger partial charge in [0.1, 0.15) is 23.7 Å². The van der Waals surface area contributed by atoms with Crippen molar-refractivity contribution in [3.63, 3.8) is 0 Å². The van der Waals surface area contributed by atoms with Gasteiger partial charge in [0.05, 0.1) is 6.61 Å². The van der Waals surface area contributed by atoms with Crippen molar-refractivity contribution in [2.75, 3.05) is 19.8 Å². The highest BCUT2D eigenvalue weighted by molar-refractivity contribution is 5.31. The fraction of sp³-hybridized carbons (Fsp3) is 0.647. The van der Waals surface area contributed by atoms with Gasteiger partial charge in [0, 0.05) is 19.1 Å². The Labute approximate surface area is 127 Å². The predicted octanol–water partition coefficient (Wildman–Crippen LogP) is 3.01. The minimum absolute atomic E-state index is 0.138. The fourth-order valence-electron chi connectivity index (χ4n) is 2.59. The van der Waals surface area contributed by atoms with Gasteiger partial charge in [0.25, 0.3) is 0 Å². The minimum Gasteiger partial charge on any atom is -0.494 e. The number of hydrogen-bond donors (Lipinski definition) is 1. The second kappa shape index (κ2) is 8.25. The Hall–Kier alpha value is -1.26. The van der Waals surface area contributed by atoms with Crippen LogP contribution >= 0.6 is 0 Å². The van der Waals surface area contributed by atoms with E-state index < -0.39 is 0 Å². The van der Waals surface area contributed by atoms with Gasteiger partial charge >= 0.3 is 0 Å². The summed E-state index contributed by atoms with van der Waals surface area (Å²) in [6.07, 6.45) is 2.32. The summed E-state index contributed by atoms with van der Waals surface area (Å²) in [5.74, 6) is 1.76. The molecule has 21 heavy (non-hydrogen) atoms. The fourth-order valence-corrected chi connectivity index (χ4v) is 2.59. The maximum atomic E-state index is 6.05. The molecular formula is C17H27NO3. The Morgan fingerprint density at radius 1 is 1.10 bits per heavy atom. The molecule has 0 aliphatic heterocycles. The molecule has 1 aliphatic rings. The number of benzene rings is 1. The molecule has 118 valence electrons. The van der Waals surface area contributed by atoms with Gasteiger partial charge in [0.2, 0.25) is 0 Å². The first-order chi connectivity index (χ1) is 10.3. The summed E-state index contributed by atoms with van der Waals surface area (Å²) in [6, 6.07) is 8.22. The maximum Gasteiger partial charge on any atom is 0.128 e. The van der Waals surface area contributed by atoms with Crippen molar-refractivity contribution < 1.29 is 14.2 Å². The number of rotatable bonds is 9. The van der Waals surface area contributed by atoms with E-state index in [9.17, 15) is 0 Å². The molecule has 1 aromatic rings. The Morgan fingerprint density at radius 3 is 2.43 bits per heavy atom. The zero-order valence-electron chi connectivity index (χ0n) is 13.3. The van der Waals surface area contributed by atoms with Crippen LogP contribution in [0.4, 0.5) is 0 Å². The summed E-state index contributed by atoms with van der Waals surface area (Å²) in [7, 11) is 0. The standard InChI is InChI=1S/C17H27NO3/c1-4-11-20-17-15(18-5-2)12-16(17)21-14-9-7-13(8-10-14)19-6-3/h7-10,15-18H,4-6,11-12H2,1-3H3. The third-order valence-corrected chi connectivity index (χ3v) is 3.65. The summed E-state index contributed by atoms with van der Waals surface area (Å²) in [5.41, 5.74) is 0. The largest absolute Gasteiger partial charge is 0.494 e. The van der Waals surface area contributed by atoms with E-state index in [0.717, 1.165) is 37.5 Å². The van der Waals surface area contributed by atoms with E-state index in [1.807, 2.05) is 31.2 Å². The maximum absolute atomic E-state index is 6.05. The van der Waals surface area contributed by atoms with Gasteiger partial charge in [0.15, 0.2) is 0 Å². The first kappa shape index (κ1) is 16.1. The molecule has 1 aliphatic carbocycles. The molecule has 4 heteroatoms. The summed E-state index contributed by atoms with van der Waals surface area (Å²) in [5, 5.41) is 3.46. The van der Waals surface area contributed by atoms with E-state index in [2.05, 4.69) is 19.2 Å². The number of ether oxygens (including phenoxy) is 3. The first-order valence-electron chi connectivity index (χ1n) is 8.03. The second-order valence-corrected chi connectivity index (χ2v) is 5.30. The van der Waals surface area contributed by atoms with Gasteiger partial charge in [-0.2, -0.15) is 0 Å². The van der Waals surface area contributed by atoms with Crippen LogP contribution in [0, 0.1) is 0 Å². The third kappa shape index (κ3) is 4.35. The molecular weight excluding hydrogens is 266 g/mol. The molecule has 0 heterocycles. The summed E-state index contributed by atoms with van der Waals surface area (Å²) in [4.78, 5) is 0. The van der Waals surface area contributed by atoms with E-state index in [4.69, 9.17) is 14.2 Å². The van der Waals surface area contributed by atoms with Crippen molar-refractivity contribution in [3.8, 4) is 11.5 Å². The lowest BCUT2D eigenvalue weighted by molar-refractivity contribution is -0.107. The molecule has 0 aromatic heterocycles. The molecule has 4 nitrogen and oxygen atoms in total. The summed E-state index contributed by atoms with van der Waals surface area (Å²) in [6.45, 7) is 8.67. The highest BCUT2D eigenvalue weighted by Crippen LogP contribution is 2.30. The van der Waals surface area contributed by atoms with E-state index in [-0.39, 0.29) is 12.2 Å². The van der Waals surface area contributed by atoms with Crippen molar-refractivity contribution in [3.05, 3.63) is 24.3 Å². The van der Waals surface area contributed by atoms with Gasteiger partial charge in [-0.15, -0.1) is 0 Å². The molecule has 2 rings (SSSR count). The van der Waals surface area contributed by atoms with Crippen LogP contribution < -0.4 is 14.8 Å². The lowest BCUT2D eigenvalue weighted by Gasteiger charge is -2.44. The lowest BCUT2D eigenvalue weighted by Crippen LogP contribution is -2.61. The van der Waals surface area contributed by atoms with Crippen LogP contribution in [0.15, 0.2) is 24.3 Å². The average Bonchev–Trinajstić information content (AvgIpc) is 2.48.